The highest BCUT2D eigenvalue weighted by Gasteiger charge is 2.25. The number of ether oxygens (including phenoxy) is 2. The number of amides is 1. The van der Waals surface area contributed by atoms with E-state index >= 15 is 0 Å². The minimum absolute atomic E-state index is 0.0568. The van der Waals surface area contributed by atoms with E-state index < -0.39 is 0 Å². The Kier molecular flexibility index (Phi) is 6.33. The highest BCUT2D eigenvalue weighted by atomic mass is 16.5. The van der Waals surface area contributed by atoms with Crippen LogP contribution in [-0.2, 0) is 27.3 Å². The molecule has 0 saturated carbocycles. The number of piperidine rings is 1. The molecule has 1 aromatic rings. The summed E-state index contributed by atoms with van der Waals surface area (Å²) in [6.45, 7) is 6.27. The third-order valence-electron chi connectivity index (χ3n) is 3.73. The molecule has 2 rings (SSSR count). The zero-order chi connectivity index (χ0) is 15.9. The molecular weight excluding hydrogens is 286 g/mol. The number of rotatable bonds is 7. The van der Waals surface area contributed by atoms with E-state index in [4.69, 9.17) is 14.0 Å². The lowest BCUT2D eigenvalue weighted by Gasteiger charge is -2.32. The lowest BCUT2D eigenvalue weighted by molar-refractivity contribution is -0.137. The van der Waals surface area contributed by atoms with Crippen molar-refractivity contribution in [2.75, 3.05) is 26.8 Å². The molecule has 0 radical (unpaired) electrons. The van der Waals surface area contributed by atoms with Crippen molar-refractivity contribution in [3.63, 3.8) is 0 Å². The van der Waals surface area contributed by atoms with Crippen molar-refractivity contribution in [3.8, 4) is 0 Å². The Hall–Kier alpha value is -1.47. The molecule has 2 heterocycles. The van der Waals surface area contributed by atoms with Gasteiger partial charge in [0, 0.05) is 32.5 Å². The van der Waals surface area contributed by atoms with Gasteiger partial charge in [0.25, 0.3) is 5.89 Å². The molecule has 7 nitrogen and oxygen atoms in total. The molecule has 0 aliphatic carbocycles. The van der Waals surface area contributed by atoms with Gasteiger partial charge in [0.1, 0.15) is 6.61 Å². The Balaban J connectivity index is 1.70. The number of aromatic nitrogens is 2. The normalized spacial score (nSPS) is 16.5. The number of methoxy groups -OCH3 is 1. The molecule has 1 fully saturated rings. The van der Waals surface area contributed by atoms with Crippen LogP contribution in [0.3, 0.4) is 0 Å². The second-order valence-electron chi connectivity index (χ2n) is 5.84. The van der Waals surface area contributed by atoms with E-state index in [1.165, 1.54) is 0 Å². The molecule has 0 aromatic carbocycles. The Morgan fingerprint density at radius 1 is 1.41 bits per heavy atom. The molecule has 1 saturated heterocycles. The monoisotopic (exact) mass is 311 g/mol. The van der Waals surface area contributed by atoms with Crippen molar-refractivity contribution < 1.29 is 18.8 Å². The molecule has 0 spiro atoms. The van der Waals surface area contributed by atoms with Crippen LogP contribution in [0.4, 0.5) is 0 Å². The summed E-state index contributed by atoms with van der Waals surface area (Å²) in [5.41, 5.74) is 0. The zero-order valence-electron chi connectivity index (χ0n) is 13.6. The van der Waals surface area contributed by atoms with E-state index in [2.05, 4.69) is 10.1 Å². The van der Waals surface area contributed by atoms with Gasteiger partial charge >= 0.3 is 0 Å². The fourth-order valence-corrected chi connectivity index (χ4v) is 2.44. The molecule has 124 valence electrons. The molecule has 1 aliphatic rings. The van der Waals surface area contributed by atoms with Crippen LogP contribution < -0.4 is 0 Å². The number of hydrogen-bond acceptors (Lipinski definition) is 6. The quantitative estimate of drug-likeness (QED) is 0.758. The number of likely N-dealkylation sites (tertiary alicyclic amines) is 1. The largest absolute Gasteiger partial charge is 0.384 e. The maximum atomic E-state index is 11.9. The van der Waals surface area contributed by atoms with Crippen LogP contribution in [0.25, 0.3) is 0 Å². The summed E-state index contributed by atoms with van der Waals surface area (Å²) in [5, 5.41) is 3.87. The van der Waals surface area contributed by atoms with E-state index in [0.29, 0.717) is 31.3 Å². The highest BCUT2D eigenvalue weighted by Crippen LogP contribution is 2.17. The van der Waals surface area contributed by atoms with Crippen LogP contribution >= 0.6 is 0 Å². The predicted octanol–water partition coefficient (Wildman–Crippen LogP) is 1.42. The van der Waals surface area contributed by atoms with Gasteiger partial charge in [0.2, 0.25) is 5.91 Å². The lowest BCUT2D eigenvalue weighted by Crippen LogP contribution is -2.42. The average Bonchev–Trinajstić information content (AvgIpc) is 2.98. The summed E-state index contributed by atoms with van der Waals surface area (Å²) in [7, 11) is 1.64. The summed E-state index contributed by atoms with van der Waals surface area (Å²) >= 11 is 0. The van der Waals surface area contributed by atoms with Gasteiger partial charge in [-0.15, -0.1) is 0 Å². The number of nitrogens with zero attached hydrogens (tertiary/aromatic N) is 3. The summed E-state index contributed by atoms with van der Waals surface area (Å²) < 4.78 is 15.9. The van der Waals surface area contributed by atoms with Crippen LogP contribution in [0, 0.1) is 5.92 Å². The molecule has 7 heteroatoms. The van der Waals surface area contributed by atoms with Crippen molar-refractivity contribution in [3.05, 3.63) is 11.7 Å². The maximum Gasteiger partial charge on any atom is 0.252 e. The minimum atomic E-state index is 0.0568. The maximum absolute atomic E-state index is 11.9. The first-order valence-electron chi connectivity index (χ1n) is 7.81. The zero-order valence-corrected chi connectivity index (χ0v) is 13.6. The second kappa shape index (κ2) is 8.24. The van der Waals surface area contributed by atoms with Gasteiger partial charge in [0.05, 0.1) is 12.7 Å². The summed E-state index contributed by atoms with van der Waals surface area (Å²) in [6, 6.07) is 0. The Morgan fingerprint density at radius 3 is 2.77 bits per heavy atom. The summed E-state index contributed by atoms with van der Waals surface area (Å²) in [5.74, 6) is 1.41. The average molecular weight is 311 g/mol. The van der Waals surface area contributed by atoms with Gasteiger partial charge in [-0.25, -0.2) is 0 Å². The topological polar surface area (TPSA) is 77.7 Å². The van der Waals surface area contributed by atoms with Crippen LogP contribution in [0.5, 0.6) is 0 Å². The first-order chi connectivity index (χ1) is 10.6. The standard InChI is InChI=1S/C15H25N3O4/c1-11(2)15(19)18-7-4-12(5-8-18)21-10-14-16-13(17-22-14)6-9-20-3/h11-12H,4-10H2,1-3H3. The predicted molar refractivity (Wildman–Crippen MR) is 79.1 cm³/mol. The van der Waals surface area contributed by atoms with Gasteiger partial charge in [-0.1, -0.05) is 19.0 Å². The van der Waals surface area contributed by atoms with E-state index in [9.17, 15) is 4.79 Å². The number of carbonyl (C=O) groups is 1. The molecule has 0 unspecified atom stereocenters. The second-order valence-corrected chi connectivity index (χ2v) is 5.84. The van der Waals surface area contributed by atoms with Crippen molar-refractivity contribution in [1.82, 2.24) is 15.0 Å². The smallest absolute Gasteiger partial charge is 0.252 e. The molecule has 0 atom stereocenters. The molecule has 1 aliphatic heterocycles. The lowest BCUT2D eigenvalue weighted by atomic mass is 10.1. The first-order valence-corrected chi connectivity index (χ1v) is 7.81. The van der Waals surface area contributed by atoms with E-state index in [1.54, 1.807) is 7.11 Å². The molecule has 0 N–H and O–H groups in total. The van der Waals surface area contributed by atoms with Gasteiger partial charge in [-0.05, 0) is 12.8 Å². The molecular formula is C15H25N3O4. The third-order valence-corrected chi connectivity index (χ3v) is 3.73. The van der Waals surface area contributed by atoms with Crippen molar-refractivity contribution in [2.45, 2.75) is 45.8 Å². The van der Waals surface area contributed by atoms with E-state index in [1.807, 2.05) is 18.7 Å². The van der Waals surface area contributed by atoms with Gasteiger partial charge in [-0.2, -0.15) is 4.98 Å². The van der Waals surface area contributed by atoms with Crippen molar-refractivity contribution >= 4 is 5.91 Å². The van der Waals surface area contributed by atoms with Crippen LogP contribution in [-0.4, -0.2) is 53.9 Å². The number of hydrogen-bond donors (Lipinski definition) is 0. The molecule has 22 heavy (non-hydrogen) atoms. The number of carbonyl (C=O) groups excluding carboxylic acids is 1. The Bertz CT molecular complexity index is 467. The fourth-order valence-electron chi connectivity index (χ4n) is 2.44. The summed E-state index contributed by atoms with van der Waals surface area (Å²) in [4.78, 5) is 18.1. The van der Waals surface area contributed by atoms with Crippen LogP contribution in [0.15, 0.2) is 4.52 Å². The fraction of sp³-hybridized carbons (Fsp3) is 0.800. The third kappa shape index (κ3) is 4.78. The first kappa shape index (κ1) is 16.9. The van der Waals surface area contributed by atoms with E-state index in [0.717, 1.165) is 25.9 Å². The van der Waals surface area contributed by atoms with Crippen LogP contribution in [0.1, 0.15) is 38.4 Å². The SMILES string of the molecule is COCCc1noc(COC2CCN(C(=O)C(C)C)CC2)n1. The van der Waals surface area contributed by atoms with E-state index in [-0.39, 0.29) is 17.9 Å². The van der Waals surface area contributed by atoms with Gasteiger partial charge in [0.15, 0.2) is 5.82 Å². The highest BCUT2D eigenvalue weighted by molar-refractivity contribution is 5.78. The molecule has 1 aromatic heterocycles. The molecule has 0 bridgehead atoms. The Morgan fingerprint density at radius 2 is 2.14 bits per heavy atom. The van der Waals surface area contributed by atoms with Crippen molar-refractivity contribution in [1.29, 1.82) is 0 Å². The molecule has 1 amide bonds. The summed E-state index contributed by atoms with van der Waals surface area (Å²) in [6.07, 6.45) is 2.48. The Labute approximate surface area is 131 Å². The minimum Gasteiger partial charge on any atom is -0.384 e. The van der Waals surface area contributed by atoms with Gasteiger partial charge < -0.3 is 18.9 Å². The van der Waals surface area contributed by atoms with Crippen molar-refractivity contribution in [2.24, 2.45) is 5.92 Å². The van der Waals surface area contributed by atoms with Gasteiger partial charge in [-0.3, -0.25) is 4.79 Å². The van der Waals surface area contributed by atoms with Crippen LogP contribution in [0.2, 0.25) is 0 Å².